The van der Waals surface area contributed by atoms with Crippen LogP contribution in [0.25, 0.3) is 0 Å². The minimum absolute atomic E-state index is 0.0882. The molecule has 3 heteroatoms. The van der Waals surface area contributed by atoms with Gasteiger partial charge in [-0.3, -0.25) is 4.79 Å². The van der Waals surface area contributed by atoms with Gasteiger partial charge in [-0.2, -0.15) is 0 Å². The predicted octanol–water partition coefficient (Wildman–Crippen LogP) is 4.48. The fourth-order valence-electron chi connectivity index (χ4n) is 1.52. The van der Waals surface area contributed by atoms with E-state index in [1.54, 1.807) is 6.07 Å². The first-order valence-electron chi connectivity index (χ1n) is 5.52. The van der Waals surface area contributed by atoms with Crippen LogP contribution < -0.4 is 0 Å². The van der Waals surface area contributed by atoms with Crippen LogP contribution in [-0.4, -0.2) is 5.78 Å². The van der Waals surface area contributed by atoms with Crippen LogP contribution in [0.15, 0.2) is 16.7 Å². The number of Topliss-reactive ketones (excluding diaryl/α,β-unsaturated/α-hetero) is 1. The van der Waals surface area contributed by atoms with E-state index < -0.39 is 0 Å². The molecule has 0 aliphatic rings. The lowest BCUT2D eigenvalue weighted by Gasteiger charge is -1.99. The van der Waals surface area contributed by atoms with E-state index in [0.29, 0.717) is 12.0 Å². The average molecular weight is 229 g/mol. The summed E-state index contributed by atoms with van der Waals surface area (Å²) < 4.78 is 4.88. The Bertz CT molecular complexity index is 304. The molecule has 0 spiro atoms. The summed E-state index contributed by atoms with van der Waals surface area (Å²) in [5.41, 5.74) is 0.521. The van der Waals surface area contributed by atoms with Crippen molar-refractivity contribution >= 4 is 17.4 Å². The minimum Gasteiger partial charge on any atom is -0.452 e. The molecule has 0 N–H and O–H groups in total. The molecule has 1 aromatic heterocycles. The zero-order chi connectivity index (χ0) is 11.1. The molecule has 0 saturated carbocycles. The first-order valence-corrected chi connectivity index (χ1v) is 5.89. The third kappa shape index (κ3) is 4.08. The van der Waals surface area contributed by atoms with Crippen molar-refractivity contribution in [1.82, 2.24) is 0 Å². The SMILES string of the molecule is CCCCCCCC(=O)c1ccoc1Cl. The van der Waals surface area contributed by atoms with Crippen molar-refractivity contribution in [3.05, 3.63) is 23.1 Å². The quantitative estimate of drug-likeness (QED) is 0.509. The van der Waals surface area contributed by atoms with E-state index in [9.17, 15) is 4.79 Å². The van der Waals surface area contributed by atoms with Gasteiger partial charge in [-0.25, -0.2) is 0 Å². The molecule has 0 bridgehead atoms. The summed E-state index contributed by atoms with van der Waals surface area (Å²) in [5, 5.41) is 0.216. The number of furan rings is 1. The summed E-state index contributed by atoms with van der Waals surface area (Å²) in [6.07, 6.45) is 7.77. The highest BCUT2D eigenvalue weighted by molar-refractivity contribution is 6.32. The van der Waals surface area contributed by atoms with E-state index >= 15 is 0 Å². The Hall–Kier alpha value is -0.760. The summed E-state index contributed by atoms with van der Waals surface area (Å²) >= 11 is 5.71. The Kier molecular flexibility index (Phi) is 5.48. The molecule has 0 radical (unpaired) electrons. The van der Waals surface area contributed by atoms with Crippen molar-refractivity contribution < 1.29 is 9.21 Å². The van der Waals surface area contributed by atoms with E-state index in [2.05, 4.69) is 6.92 Å². The highest BCUT2D eigenvalue weighted by Crippen LogP contribution is 2.19. The second kappa shape index (κ2) is 6.67. The fourth-order valence-corrected chi connectivity index (χ4v) is 1.74. The van der Waals surface area contributed by atoms with Crippen LogP contribution in [0.1, 0.15) is 55.8 Å². The maximum Gasteiger partial charge on any atom is 0.203 e. The third-order valence-corrected chi connectivity index (χ3v) is 2.72. The molecule has 0 aromatic carbocycles. The molecule has 0 unspecified atom stereocenters. The molecular weight excluding hydrogens is 212 g/mol. The third-order valence-electron chi connectivity index (χ3n) is 2.43. The molecule has 0 atom stereocenters. The first kappa shape index (κ1) is 12.3. The zero-order valence-corrected chi connectivity index (χ0v) is 9.85. The molecule has 1 aromatic rings. The van der Waals surface area contributed by atoms with Crippen molar-refractivity contribution in [3.8, 4) is 0 Å². The topological polar surface area (TPSA) is 30.2 Å². The van der Waals surface area contributed by atoms with E-state index in [4.69, 9.17) is 16.0 Å². The number of carbonyl (C=O) groups excluding carboxylic acids is 1. The second-order valence-electron chi connectivity index (χ2n) is 3.70. The number of rotatable bonds is 7. The molecule has 0 aliphatic carbocycles. The van der Waals surface area contributed by atoms with Gasteiger partial charge in [-0.15, -0.1) is 0 Å². The number of unbranched alkanes of at least 4 members (excludes halogenated alkanes) is 4. The second-order valence-corrected chi connectivity index (χ2v) is 4.04. The van der Waals surface area contributed by atoms with Gasteiger partial charge in [0.2, 0.25) is 5.22 Å². The Morgan fingerprint density at radius 1 is 1.33 bits per heavy atom. The summed E-state index contributed by atoms with van der Waals surface area (Å²) in [5.74, 6) is 0.0882. The lowest BCUT2D eigenvalue weighted by Crippen LogP contribution is -1.97. The normalized spacial score (nSPS) is 10.5. The molecule has 1 rings (SSSR count). The van der Waals surface area contributed by atoms with Gasteiger partial charge in [0.1, 0.15) is 0 Å². The lowest BCUT2D eigenvalue weighted by molar-refractivity contribution is 0.0978. The van der Waals surface area contributed by atoms with Crippen molar-refractivity contribution in [2.24, 2.45) is 0 Å². The highest BCUT2D eigenvalue weighted by Gasteiger charge is 2.11. The molecule has 0 saturated heterocycles. The Morgan fingerprint density at radius 3 is 2.67 bits per heavy atom. The Balaban J connectivity index is 2.22. The number of halogens is 1. The van der Waals surface area contributed by atoms with Crippen LogP contribution in [0.5, 0.6) is 0 Å². The van der Waals surface area contributed by atoms with Gasteiger partial charge in [-0.1, -0.05) is 32.6 Å². The summed E-state index contributed by atoms with van der Waals surface area (Å²) in [7, 11) is 0. The molecule has 1 heterocycles. The van der Waals surface area contributed by atoms with Crippen molar-refractivity contribution in [1.29, 1.82) is 0 Å². The van der Waals surface area contributed by atoms with Crippen LogP contribution in [0.4, 0.5) is 0 Å². The van der Waals surface area contributed by atoms with E-state index in [1.165, 1.54) is 25.5 Å². The van der Waals surface area contributed by atoms with Gasteiger partial charge in [0.15, 0.2) is 5.78 Å². The highest BCUT2D eigenvalue weighted by atomic mass is 35.5. The molecule has 0 amide bonds. The largest absolute Gasteiger partial charge is 0.452 e. The van der Waals surface area contributed by atoms with E-state index in [-0.39, 0.29) is 11.0 Å². The van der Waals surface area contributed by atoms with Crippen molar-refractivity contribution in [3.63, 3.8) is 0 Å². The summed E-state index contributed by atoms with van der Waals surface area (Å²) in [6.45, 7) is 2.18. The van der Waals surface area contributed by atoms with E-state index in [1.807, 2.05) is 0 Å². The van der Waals surface area contributed by atoms with Crippen LogP contribution in [0, 0.1) is 0 Å². The number of hydrogen-bond donors (Lipinski definition) is 0. The Labute approximate surface area is 95.6 Å². The van der Waals surface area contributed by atoms with Crippen molar-refractivity contribution in [2.45, 2.75) is 45.4 Å². The van der Waals surface area contributed by atoms with E-state index in [0.717, 1.165) is 12.8 Å². The fraction of sp³-hybridized carbons (Fsp3) is 0.583. The van der Waals surface area contributed by atoms with Gasteiger partial charge in [0, 0.05) is 6.42 Å². The summed E-state index contributed by atoms with van der Waals surface area (Å²) in [6, 6.07) is 1.64. The van der Waals surface area contributed by atoms with Gasteiger partial charge in [0.05, 0.1) is 11.8 Å². The van der Waals surface area contributed by atoms with Gasteiger partial charge in [-0.05, 0) is 24.1 Å². The van der Waals surface area contributed by atoms with Gasteiger partial charge < -0.3 is 4.42 Å². The minimum atomic E-state index is 0.0882. The smallest absolute Gasteiger partial charge is 0.203 e. The maximum absolute atomic E-state index is 11.6. The number of hydrogen-bond acceptors (Lipinski definition) is 2. The maximum atomic E-state index is 11.6. The Morgan fingerprint density at radius 2 is 2.07 bits per heavy atom. The van der Waals surface area contributed by atoms with Gasteiger partial charge in [0.25, 0.3) is 0 Å². The van der Waals surface area contributed by atoms with Gasteiger partial charge >= 0.3 is 0 Å². The molecular formula is C12H17ClO2. The van der Waals surface area contributed by atoms with Crippen molar-refractivity contribution in [2.75, 3.05) is 0 Å². The van der Waals surface area contributed by atoms with Crippen LogP contribution in [0.2, 0.25) is 5.22 Å². The molecule has 15 heavy (non-hydrogen) atoms. The molecule has 2 nitrogen and oxygen atoms in total. The zero-order valence-electron chi connectivity index (χ0n) is 9.09. The average Bonchev–Trinajstić information content (AvgIpc) is 2.64. The summed E-state index contributed by atoms with van der Waals surface area (Å²) in [4.78, 5) is 11.6. The van der Waals surface area contributed by atoms with Crippen LogP contribution >= 0.6 is 11.6 Å². The first-order chi connectivity index (χ1) is 7.25. The lowest BCUT2D eigenvalue weighted by atomic mass is 10.1. The molecule has 0 aliphatic heterocycles. The van der Waals surface area contributed by atoms with Crippen LogP contribution in [0.3, 0.4) is 0 Å². The monoisotopic (exact) mass is 228 g/mol. The number of ketones is 1. The van der Waals surface area contributed by atoms with Crippen LogP contribution in [-0.2, 0) is 0 Å². The predicted molar refractivity (Wildman–Crippen MR) is 61.4 cm³/mol. The number of carbonyl (C=O) groups is 1. The molecule has 84 valence electrons. The standard InChI is InChI=1S/C12H17ClO2/c1-2-3-4-5-6-7-11(14)10-8-9-15-12(10)13/h8-9H,2-7H2,1H3. The molecule has 0 fully saturated rings.